The van der Waals surface area contributed by atoms with E-state index in [2.05, 4.69) is 6.08 Å². The number of rotatable bonds is 3. The number of allylic oxidation sites excluding steroid dienone is 2. The molecule has 3 aliphatic rings. The molecule has 0 aromatic rings. The Balaban J connectivity index is 1.58. The fourth-order valence-corrected chi connectivity index (χ4v) is 3.60. The van der Waals surface area contributed by atoms with E-state index in [1.54, 1.807) is 0 Å². The Morgan fingerprint density at radius 2 is 2.32 bits per heavy atom. The van der Waals surface area contributed by atoms with Crippen molar-refractivity contribution in [1.29, 1.82) is 0 Å². The predicted molar refractivity (Wildman–Crippen MR) is 73.0 cm³/mol. The van der Waals surface area contributed by atoms with Crippen LogP contribution in [-0.2, 0) is 14.3 Å². The summed E-state index contributed by atoms with van der Waals surface area (Å²) in [5, 5.41) is 0. The highest BCUT2D eigenvalue weighted by Gasteiger charge is 2.42. The zero-order chi connectivity index (χ0) is 13.1. The third kappa shape index (κ3) is 3.09. The minimum absolute atomic E-state index is 0.139. The van der Waals surface area contributed by atoms with Crippen LogP contribution in [0.15, 0.2) is 11.6 Å². The van der Waals surface area contributed by atoms with Gasteiger partial charge in [0, 0.05) is 32.0 Å². The second-order valence-corrected chi connectivity index (χ2v) is 6.28. The van der Waals surface area contributed by atoms with Crippen molar-refractivity contribution in [2.24, 2.45) is 5.92 Å². The third-order valence-electron chi connectivity index (χ3n) is 4.80. The number of hydrogen-bond acceptors (Lipinski definition) is 3. The molecule has 0 amide bonds. The highest BCUT2D eigenvalue weighted by Crippen LogP contribution is 2.37. The van der Waals surface area contributed by atoms with Crippen molar-refractivity contribution >= 4 is 5.78 Å². The van der Waals surface area contributed by atoms with Gasteiger partial charge >= 0.3 is 0 Å². The minimum atomic E-state index is -0.139. The summed E-state index contributed by atoms with van der Waals surface area (Å²) in [6.45, 7) is 2.18. The Kier molecular flexibility index (Phi) is 4.04. The Hall–Kier alpha value is -0.670. The first-order chi connectivity index (χ1) is 9.27. The number of carbonyl (C=O) groups is 1. The van der Waals surface area contributed by atoms with Crippen LogP contribution in [0, 0.1) is 5.92 Å². The fraction of sp³-hybridized carbons (Fsp3) is 0.812. The van der Waals surface area contributed by atoms with Crippen molar-refractivity contribution in [2.75, 3.05) is 19.8 Å². The Labute approximate surface area is 115 Å². The molecule has 106 valence electrons. The van der Waals surface area contributed by atoms with Crippen LogP contribution >= 0.6 is 0 Å². The molecule has 0 radical (unpaired) electrons. The van der Waals surface area contributed by atoms with Gasteiger partial charge in [0.05, 0.1) is 12.2 Å². The lowest BCUT2D eigenvalue weighted by Crippen LogP contribution is -2.42. The minimum Gasteiger partial charge on any atom is -0.378 e. The molecule has 19 heavy (non-hydrogen) atoms. The summed E-state index contributed by atoms with van der Waals surface area (Å²) in [5.41, 5.74) is 1.24. The van der Waals surface area contributed by atoms with Gasteiger partial charge in [-0.05, 0) is 38.5 Å². The number of hydrogen-bond donors (Lipinski definition) is 0. The van der Waals surface area contributed by atoms with Crippen molar-refractivity contribution in [2.45, 2.75) is 57.0 Å². The molecule has 2 unspecified atom stereocenters. The molecule has 2 aliphatic heterocycles. The first-order valence-electron chi connectivity index (χ1n) is 7.70. The van der Waals surface area contributed by atoms with Crippen molar-refractivity contribution in [1.82, 2.24) is 0 Å². The van der Waals surface area contributed by atoms with E-state index in [1.807, 2.05) is 0 Å². The summed E-state index contributed by atoms with van der Waals surface area (Å²) in [4.78, 5) is 12.5. The van der Waals surface area contributed by atoms with Crippen LogP contribution in [0.4, 0.5) is 0 Å². The molecule has 2 fully saturated rings. The normalized spacial score (nSPS) is 35.4. The summed E-state index contributed by atoms with van der Waals surface area (Å²) in [5.74, 6) is 0.626. The average Bonchev–Trinajstić information content (AvgIpc) is 2.88. The molecule has 0 aromatic heterocycles. The van der Waals surface area contributed by atoms with Gasteiger partial charge < -0.3 is 9.47 Å². The molecule has 2 saturated heterocycles. The molecule has 0 bridgehead atoms. The zero-order valence-electron chi connectivity index (χ0n) is 11.7. The Morgan fingerprint density at radius 3 is 3.05 bits per heavy atom. The summed E-state index contributed by atoms with van der Waals surface area (Å²) < 4.78 is 11.4. The molecular weight excluding hydrogens is 240 g/mol. The number of carbonyl (C=O) groups excluding carboxylic acids is 1. The lowest BCUT2D eigenvalue weighted by Gasteiger charge is -2.36. The quantitative estimate of drug-likeness (QED) is 0.735. The smallest absolute Gasteiger partial charge is 0.140 e. The monoisotopic (exact) mass is 264 g/mol. The largest absolute Gasteiger partial charge is 0.378 e. The van der Waals surface area contributed by atoms with Gasteiger partial charge in [0.2, 0.25) is 0 Å². The van der Waals surface area contributed by atoms with Crippen LogP contribution in [0.1, 0.15) is 51.4 Å². The number of ketones is 1. The predicted octanol–water partition coefficient (Wildman–Crippen LogP) is 3.03. The highest BCUT2D eigenvalue weighted by atomic mass is 16.6. The van der Waals surface area contributed by atoms with Crippen LogP contribution < -0.4 is 0 Å². The van der Waals surface area contributed by atoms with Crippen LogP contribution in [0.2, 0.25) is 0 Å². The molecule has 3 nitrogen and oxygen atoms in total. The van der Waals surface area contributed by atoms with Gasteiger partial charge in [-0.3, -0.25) is 4.79 Å². The lowest BCUT2D eigenvalue weighted by atomic mass is 9.80. The molecule has 2 heterocycles. The van der Waals surface area contributed by atoms with Gasteiger partial charge in [0.15, 0.2) is 0 Å². The summed E-state index contributed by atoms with van der Waals surface area (Å²) in [7, 11) is 0. The van der Waals surface area contributed by atoms with Crippen LogP contribution in [0.25, 0.3) is 0 Å². The van der Waals surface area contributed by atoms with Crippen molar-refractivity contribution in [3.05, 3.63) is 11.6 Å². The van der Waals surface area contributed by atoms with Gasteiger partial charge in [-0.1, -0.05) is 11.6 Å². The van der Waals surface area contributed by atoms with E-state index >= 15 is 0 Å². The lowest BCUT2D eigenvalue weighted by molar-refractivity contribution is -0.136. The van der Waals surface area contributed by atoms with Gasteiger partial charge in [-0.25, -0.2) is 0 Å². The van der Waals surface area contributed by atoms with E-state index in [0.29, 0.717) is 18.8 Å². The van der Waals surface area contributed by atoms with Crippen LogP contribution in [-0.4, -0.2) is 31.2 Å². The topological polar surface area (TPSA) is 35.5 Å². The molecule has 0 aromatic carbocycles. The van der Waals surface area contributed by atoms with Crippen molar-refractivity contribution in [3.63, 3.8) is 0 Å². The van der Waals surface area contributed by atoms with Gasteiger partial charge in [0.1, 0.15) is 5.78 Å². The van der Waals surface area contributed by atoms with E-state index in [4.69, 9.17) is 9.47 Å². The van der Waals surface area contributed by atoms with E-state index in [1.165, 1.54) is 18.4 Å². The van der Waals surface area contributed by atoms with Gasteiger partial charge in [0.25, 0.3) is 0 Å². The maximum atomic E-state index is 12.5. The first kappa shape index (κ1) is 13.3. The van der Waals surface area contributed by atoms with Crippen LogP contribution in [0.3, 0.4) is 0 Å². The maximum Gasteiger partial charge on any atom is 0.140 e. The molecular formula is C16H24O3. The van der Waals surface area contributed by atoms with E-state index in [9.17, 15) is 4.79 Å². The standard InChI is InChI=1S/C16H24O3/c17-15(10-13-4-2-1-3-5-13)14-6-8-19-16(11-14)7-9-18-12-16/h4,14H,1-3,5-12H2. The molecule has 3 rings (SSSR count). The summed E-state index contributed by atoms with van der Waals surface area (Å²) >= 11 is 0. The van der Waals surface area contributed by atoms with Gasteiger partial charge in [-0.15, -0.1) is 0 Å². The van der Waals surface area contributed by atoms with Crippen molar-refractivity contribution < 1.29 is 14.3 Å². The summed E-state index contributed by atoms with van der Waals surface area (Å²) in [6.07, 6.45) is 10.5. The summed E-state index contributed by atoms with van der Waals surface area (Å²) in [6, 6.07) is 0. The number of ether oxygens (including phenoxy) is 2. The average molecular weight is 264 g/mol. The van der Waals surface area contributed by atoms with Crippen LogP contribution in [0.5, 0.6) is 0 Å². The van der Waals surface area contributed by atoms with E-state index in [0.717, 1.165) is 45.3 Å². The molecule has 1 spiro atoms. The SMILES string of the molecule is O=C(CC1=CCCCC1)C1CCOC2(CCOC2)C1. The third-order valence-corrected chi connectivity index (χ3v) is 4.80. The first-order valence-corrected chi connectivity index (χ1v) is 7.70. The van der Waals surface area contributed by atoms with E-state index < -0.39 is 0 Å². The highest BCUT2D eigenvalue weighted by molar-refractivity contribution is 5.83. The maximum absolute atomic E-state index is 12.5. The van der Waals surface area contributed by atoms with Crippen molar-refractivity contribution in [3.8, 4) is 0 Å². The molecule has 3 heteroatoms. The molecule has 2 atom stereocenters. The molecule has 1 aliphatic carbocycles. The number of Topliss-reactive ketones (excluding diaryl/α,β-unsaturated/α-hetero) is 1. The van der Waals surface area contributed by atoms with Gasteiger partial charge in [-0.2, -0.15) is 0 Å². The molecule has 0 N–H and O–H groups in total. The second-order valence-electron chi connectivity index (χ2n) is 6.28. The Bertz CT molecular complexity index is 366. The van der Waals surface area contributed by atoms with E-state index in [-0.39, 0.29) is 11.5 Å². The molecule has 0 saturated carbocycles. The second kappa shape index (κ2) is 5.76. The fourth-order valence-electron chi connectivity index (χ4n) is 3.60. The zero-order valence-corrected chi connectivity index (χ0v) is 11.7. The Morgan fingerprint density at radius 1 is 1.37 bits per heavy atom.